The molecule has 140 valence electrons. The molecular weight excluding hydrogens is 384 g/mol. The normalized spacial score (nSPS) is 12.9. The summed E-state index contributed by atoms with van der Waals surface area (Å²) in [4.78, 5) is 34.4. The summed E-state index contributed by atoms with van der Waals surface area (Å²) in [6, 6.07) is 2.06. The lowest BCUT2D eigenvalue weighted by molar-refractivity contribution is -0.142. The second kappa shape index (κ2) is 7.24. The molecule has 0 aromatic carbocycles. The van der Waals surface area contributed by atoms with Crippen molar-refractivity contribution in [3.8, 4) is 0 Å². The summed E-state index contributed by atoms with van der Waals surface area (Å²) >= 11 is 2.56. The number of fused-ring (bicyclic) bond motifs is 2. The average Bonchev–Trinajstić information content (AvgIpc) is 3.33. The molecule has 0 saturated carbocycles. The molecule has 0 atom stereocenters. The van der Waals surface area contributed by atoms with E-state index in [1.807, 2.05) is 0 Å². The molecule has 1 aliphatic carbocycles. The summed E-state index contributed by atoms with van der Waals surface area (Å²) in [5.41, 5.74) is 9.58. The van der Waals surface area contributed by atoms with E-state index >= 15 is 0 Å². The fourth-order valence-electron chi connectivity index (χ4n) is 3.13. The van der Waals surface area contributed by atoms with Crippen LogP contribution < -0.4 is 11.1 Å². The molecule has 27 heavy (non-hydrogen) atoms. The summed E-state index contributed by atoms with van der Waals surface area (Å²) in [5, 5.41) is 5.75. The number of rotatable bonds is 5. The number of hydrogen-bond acceptors (Lipinski definition) is 8. The average molecular weight is 403 g/mol. The van der Waals surface area contributed by atoms with Gasteiger partial charge in [-0.15, -0.1) is 22.7 Å². The number of nitrogen functional groups attached to an aromatic ring is 1. The van der Waals surface area contributed by atoms with Gasteiger partial charge in [-0.3, -0.25) is 14.9 Å². The molecule has 0 fully saturated rings. The zero-order valence-corrected chi connectivity index (χ0v) is 16.3. The van der Waals surface area contributed by atoms with Crippen molar-refractivity contribution < 1.29 is 14.3 Å². The number of nitrogens with two attached hydrogens (primary N) is 1. The van der Waals surface area contributed by atoms with Gasteiger partial charge >= 0.3 is 5.97 Å². The lowest BCUT2D eigenvalue weighted by Crippen LogP contribution is -2.12. The van der Waals surface area contributed by atoms with Crippen LogP contribution in [0, 0.1) is 0 Å². The Labute approximate surface area is 163 Å². The lowest BCUT2D eigenvalue weighted by Gasteiger charge is -2.01. The number of amides is 1. The molecule has 4 rings (SSSR count). The number of pyridine rings is 1. The van der Waals surface area contributed by atoms with Gasteiger partial charge < -0.3 is 10.5 Å². The monoisotopic (exact) mass is 402 g/mol. The fourth-order valence-corrected chi connectivity index (χ4v) is 4.82. The molecule has 0 aliphatic heterocycles. The second-order valence-corrected chi connectivity index (χ2v) is 8.08. The predicted molar refractivity (Wildman–Crippen MR) is 106 cm³/mol. The van der Waals surface area contributed by atoms with E-state index in [1.165, 1.54) is 28.2 Å². The van der Waals surface area contributed by atoms with Crippen LogP contribution >= 0.6 is 22.7 Å². The molecule has 9 heteroatoms. The highest BCUT2D eigenvalue weighted by Gasteiger charge is 2.22. The summed E-state index contributed by atoms with van der Waals surface area (Å²) in [7, 11) is 0. The molecule has 0 radical (unpaired) electrons. The van der Waals surface area contributed by atoms with Gasteiger partial charge in [0.1, 0.15) is 9.71 Å². The van der Waals surface area contributed by atoms with Crippen LogP contribution in [-0.2, 0) is 28.8 Å². The van der Waals surface area contributed by atoms with E-state index in [0.717, 1.165) is 35.2 Å². The number of anilines is 2. The molecule has 3 heterocycles. The first-order chi connectivity index (χ1) is 13.0. The molecule has 3 aromatic heterocycles. The first-order valence-electron chi connectivity index (χ1n) is 8.67. The summed E-state index contributed by atoms with van der Waals surface area (Å²) < 4.78 is 4.90. The van der Waals surface area contributed by atoms with Gasteiger partial charge in [0.15, 0.2) is 5.13 Å². The SMILES string of the molecule is CCOC(=O)Cc1csc(NC(=O)c2sc3nc4c(cc3c2N)CCC4)n1. The van der Waals surface area contributed by atoms with Crippen molar-refractivity contribution in [1.29, 1.82) is 0 Å². The Morgan fingerprint density at radius 3 is 3.00 bits per heavy atom. The number of carbonyl (C=O) groups excluding carboxylic acids is 2. The van der Waals surface area contributed by atoms with Gasteiger partial charge in [-0.05, 0) is 37.8 Å². The van der Waals surface area contributed by atoms with Gasteiger partial charge in [0, 0.05) is 16.5 Å². The van der Waals surface area contributed by atoms with E-state index in [4.69, 9.17) is 10.5 Å². The van der Waals surface area contributed by atoms with Crippen LogP contribution in [0.15, 0.2) is 11.4 Å². The van der Waals surface area contributed by atoms with Crippen LogP contribution in [0.1, 0.15) is 40.0 Å². The number of esters is 1. The summed E-state index contributed by atoms with van der Waals surface area (Å²) in [6.45, 7) is 2.08. The highest BCUT2D eigenvalue weighted by molar-refractivity contribution is 7.21. The molecule has 3 N–H and O–H groups in total. The van der Waals surface area contributed by atoms with E-state index in [1.54, 1.807) is 12.3 Å². The molecule has 0 spiro atoms. The number of aromatic nitrogens is 2. The van der Waals surface area contributed by atoms with Crippen molar-refractivity contribution in [2.45, 2.75) is 32.6 Å². The van der Waals surface area contributed by atoms with Crippen molar-refractivity contribution in [2.24, 2.45) is 0 Å². The first kappa shape index (κ1) is 17.9. The van der Waals surface area contributed by atoms with E-state index in [0.29, 0.717) is 28.0 Å². The third kappa shape index (κ3) is 3.52. The van der Waals surface area contributed by atoms with E-state index < -0.39 is 0 Å². The van der Waals surface area contributed by atoms with Gasteiger partial charge in [-0.2, -0.15) is 0 Å². The molecule has 0 unspecified atom stereocenters. The second-order valence-electron chi connectivity index (χ2n) is 6.23. The highest BCUT2D eigenvalue weighted by atomic mass is 32.1. The molecule has 1 aliphatic rings. The standard InChI is InChI=1S/C18H18N4O3S2/c1-2-25-13(23)7-10-8-26-18(20-10)22-16(24)15-14(19)11-6-9-4-3-5-12(9)21-17(11)27-15/h6,8H,2-5,7,19H2,1H3,(H,20,22,24). The Balaban J connectivity index is 1.53. The topological polar surface area (TPSA) is 107 Å². The number of ether oxygens (including phenoxy) is 1. The van der Waals surface area contributed by atoms with E-state index in [2.05, 4.69) is 21.4 Å². The van der Waals surface area contributed by atoms with Crippen molar-refractivity contribution in [3.63, 3.8) is 0 Å². The Morgan fingerprint density at radius 2 is 2.19 bits per heavy atom. The van der Waals surface area contributed by atoms with Crippen molar-refractivity contribution in [2.75, 3.05) is 17.7 Å². The third-order valence-corrected chi connectivity index (χ3v) is 6.28. The molecule has 1 amide bonds. The van der Waals surface area contributed by atoms with Gasteiger partial charge in [0.25, 0.3) is 5.91 Å². The lowest BCUT2D eigenvalue weighted by atomic mass is 10.1. The minimum absolute atomic E-state index is 0.0840. The number of thiophene rings is 1. The Hall–Kier alpha value is -2.52. The Kier molecular flexibility index (Phi) is 4.79. The zero-order valence-electron chi connectivity index (χ0n) is 14.7. The third-order valence-electron chi connectivity index (χ3n) is 4.36. The fraction of sp³-hybridized carbons (Fsp3) is 0.333. The number of thiazole rings is 1. The van der Waals surface area contributed by atoms with Crippen LogP contribution in [0.5, 0.6) is 0 Å². The number of nitrogens with zero attached hydrogens (tertiary/aromatic N) is 2. The summed E-state index contributed by atoms with van der Waals surface area (Å²) in [5.74, 6) is -0.652. The maximum atomic E-state index is 12.7. The van der Waals surface area contributed by atoms with Gasteiger partial charge in [0.2, 0.25) is 0 Å². The van der Waals surface area contributed by atoms with Crippen LogP contribution in [0.25, 0.3) is 10.2 Å². The Bertz CT molecular complexity index is 1040. The predicted octanol–water partition coefficient (Wildman–Crippen LogP) is 3.18. The molecule has 3 aromatic rings. The van der Waals surface area contributed by atoms with Crippen LogP contribution in [0.3, 0.4) is 0 Å². The molecule has 0 bridgehead atoms. The molecular formula is C18H18N4O3S2. The van der Waals surface area contributed by atoms with Crippen LogP contribution in [0.2, 0.25) is 0 Å². The van der Waals surface area contributed by atoms with Crippen molar-refractivity contribution >= 4 is 55.6 Å². The van der Waals surface area contributed by atoms with E-state index in [9.17, 15) is 9.59 Å². The summed E-state index contributed by atoms with van der Waals surface area (Å²) in [6.07, 6.45) is 3.19. The number of carbonyl (C=O) groups is 2. The number of nitrogens with one attached hydrogen (secondary N) is 1. The van der Waals surface area contributed by atoms with E-state index in [-0.39, 0.29) is 18.3 Å². The Morgan fingerprint density at radius 1 is 1.33 bits per heavy atom. The van der Waals surface area contributed by atoms with Gasteiger partial charge in [-0.1, -0.05) is 0 Å². The van der Waals surface area contributed by atoms with Crippen LogP contribution in [-0.4, -0.2) is 28.5 Å². The smallest absolute Gasteiger partial charge is 0.311 e. The quantitative estimate of drug-likeness (QED) is 0.635. The highest BCUT2D eigenvalue weighted by Crippen LogP contribution is 2.36. The van der Waals surface area contributed by atoms with Crippen molar-refractivity contribution in [1.82, 2.24) is 9.97 Å². The maximum Gasteiger partial charge on any atom is 0.311 e. The van der Waals surface area contributed by atoms with Crippen molar-refractivity contribution in [3.05, 3.63) is 33.3 Å². The first-order valence-corrected chi connectivity index (χ1v) is 10.4. The zero-order chi connectivity index (χ0) is 19.0. The van der Waals surface area contributed by atoms with Crippen LogP contribution in [0.4, 0.5) is 10.8 Å². The number of aryl methyl sites for hydroxylation is 2. The maximum absolute atomic E-state index is 12.7. The van der Waals surface area contributed by atoms with Gasteiger partial charge in [-0.25, -0.2) is 9.97 Å². The minimum atomic E-state index is -0.339. The minimum Gasteiger partial charge on any atom is -0.466 e. The molecule has 0 saturated heterocycles. The molecule has 7 nitrogen and oxygen atoms in total. The number of hydrogen-bond donors (Lipinski definition) is 2. The van der Waals surface area contributed by atoms with Gasteiger partial charge in [0.05, 0.1) is 24.4 Å². The largest absolute Gasteiger partial charge is 0.466 e.